The van der Waals surface area contributed by atoms with E-state index < -0.39 is 42.2 Å². The number of fused-ring (bicyclic) bond motifs is 2. The van der Waals surface area contributed by atoms with Crippen LogP contribution >= 0.6 is 11.6 Å². The van der Waals surface area contributed by atoms with Gasteiger partial charge in [0.15, 0.2) is 0 Å². The largest absolute Gasteiger partial charge is 0.421 e. The molecule has 0 spiro atoms. The highest BCUT2D eigenvalue weighted by Crippen LogP contribution is 2.60. The minimum Gasteiger partial charge on any atom is -0.309 e. The molecule has 24 heavy (non-hydrogen) atoms. The molecule has 2 bridgehead atoms. The number of amides is 1. The Morgan fingerprint density at radius 2 is 1.58 bits per heavy atom. The van der Waals surface area contributed by atoms with E-state index in [0.29, 0.717) is 0 Å². The standard InChI is InChI=1S/C15H10ClF6NO/c16-10-4-1-8(2-5-10)12(24)23-11-6-3-9(7-11)13(23,14(17,18)19)15(20,21)22/h1-6,9,11H,7H2/t9-,11-/m1/s1. The van der Waals surface area contributed by atoms with Gasteiger partial charge in [-0.2, -0.15) is 26.3 Å². The first-order chi connectivity index (χ1) is 11.0. The molecule has 2 nitrogen and oxygen atoms in total. The van der Waals surface area contributed by atoms with Crippen molar-refractivity contribution in [3.63, 3.8) is 0 Å². The molecule has 1 aromatic carbocycles. The molecular weight excluding hydrogens is 360 g/mol. The Hall–Kier alpha value is -1.70. The van der Waals surface area contributed by atoms with Crippen molar-refractivity contribution in [3.8, 4) is 0 Å². The van der Waals surface area contributed by atoms with Gasteiger partial charge in [0, 0.05) is 16.5 Å². The third-order valence-corrected chi connectivity index (χ3v) is 4.74. The van der Waals surface area contributed by atoms with Gasteiger partial charge >= 0.3 is 12.4 Å². The smallest absolute Gasteiger partial charge is 0.309 e. The van der Waals surface area contributed by atoms with Crippen molar-refractivity contribution in [3.05, 3.63) is 47.0 Å². The predicted octanol–water partition coefficient (Wildman–Crippen LogP) is 4.60. The van der Waals surface area contributed by atoms with Crippen LogP contribution in [-0.4, -0.2) is 34.7 Å². The monoisotopic (exact) mass is 369 g/mol. The fourth-order valence-electron chi connectivity index (χ4n) is 3.52. The van der Waals surface area contributed by atoms with E-state index in [1.54, 1.807) is 0 Å². The Bertz CT molecular complexity index is 679. The molecule has 0 aromatic heterocycles. The maximum absolute atomic E-state index is 13.6. The number of likely N-dealkylation sites (tertiary alicyclic amines) is 1. The van der Waals surface area contributed by atoms with Crippen molar-refractivity contribution in [1.82, 2.24) is 4.90 Å². The Balaban J connectivity index is 2.15. The SMILES string of the molecule is O=C(c1ccc(Cl)cc1)N1[C@@H]2C=C[C@H](C2)C1(C(F)(F)F)C(F)(F)F. The fourth-order valence-corrected chi connectivity index (χ4v) is 3.64. The van der Waals surface area contributed by atoms with Crippen LogP contribution in [0.1, 0.15) is 16.8 Å². The maximum atomic E-state index is 13.6. The average Bonchev–Trinajstić information content (AvgIpc) is 3.04. The second kappa shape index (κ2) is 5.15. The van der Waals surface area contributed by atoms with E-state index in [2.05, 4.69) is 0 Å². The number of benzene rings is 1. The first kappa shape index (κ1) is 17.1. The van der Waals surface area contributed by atoms with Gasteiger partial charge in [-0.3, -0.25) is 4.79 Å². The first-order valence-electron chi connectivity index (χ1n) is 6.91. The van der Waals surface area contributed by atoms with E-state index in [1.807, 2.05) is 0 Å². The minimum atomic E-state index is -5.66. The first-order valence-corrected chi connectivity index (χ1v) is 7.29. The number of nitrogens with zero attached hydrogens (tertiary/aromatic N) is 1. The summed E-state index contributed by atoms with van der Waals surface area (Å²) in [4.78, 5) is 12.4. The van der Waals surface area contributed by atoms with Gasteiger partial charge in [0.1, 0.15) is 0 Å². The molecule has 0 radical (unpaired) electrons. The number of carbonyl (C=O) groups is 1. The fraction of sp³-hybridized carbons (Fsp3) is 0.400. The van der Waals surface area contributed by atoms with Crippen LogP contribution in [0.4, 0.5) is 26.3 Å². The van der Waals surface area contributed by atoms with Crippen molar-refractivity contribution in [2.45, 2.75) is 30.4 Å². The van der Waals surface area contributed by atoms with Crippen LogP contribution in [0.15, 0.2) is 36.4 Å². The Labute approximate surface area is 137 Å². The Morgan fingerprint density at radius 1 is 1.04 bits per heavy atom. The Morgan fingerprint density at radius 3 is 2.08 bits per heavy atom. The molecule has 1 heterocycles. The summed E-state index contributed by atoms with van der Waals surface area (Å²) in [5, 5.41) is 0.215. The molecule has 1 saturated heterocycles. The van der Waals surface area contributed by atoms with Crippen LogP contribution in [0, 0.1) is 5.92 Å². The van der Waals surface area contributed by atoms with Crippen LogP contribution in [0.5, 0.6) is 0 Å². The summed E-state index contributed by atoms with van der Waals surface area (Å²) in [6.07, 6.45) is -9.60. The van der Waals surface area contributed by atoms with E-state index in [-0.39, 0.29) is 15.5 Å². The van der Waals surface area contributed by atoms with E-state index in [9.17, 15) is 31.1 Å². The van der Waals surface area contributed by atoms with Crippen LogP contribution in [0.25, 0.3) is 0 Å². The summed E-state index contributed by atoms with van der Waals surface area (Å²) in [5.74, 6) is -3.17. The lowest BCUT2D eigenvalue weighted by molar-refractivity contribution is -0.336. The predicted molar refractivity (Wildman–Crippen MR) is 73.5 cm³/mol. The molecule has 1 aliphatic carbocycles. The number of hydrogen-bond acceptors (Lipinski definition) is 1. The van der Waals surface area contributed by atoms with Gasteiger partial charge in [0.05, 0.1) is 6.04 Å². The topological polar surface area (TPSA) is 20.3 Å². The second-order valence-corrected chi connectivity index (χ2v) is 6.17. The lowest BCUT2D eigenvalue weighted by Crippen LogP contribution is -2.70. The lowest BCUT2D eigenvalue weighted by atomic mass is 9.83. The zero-order valence-electron chi connectivity index (χ0n) is 11.8. The molecule has 3 rings (SSSR count). The summed E-state index contributed by atoms with van der Waals surface area (Å²) in [5.41, 5.74) is -4.49. The summed E-state index contributed by atoms with van der Waals surface area (Å²) >= 11 is 5.64. The maximum Gasteiger partial charge on any atom is 0.421 e. The third kappa shape index (κ3) is 2.15. The van der Waals surface area contributed by atoms with Gasteiger partial charge in [-0.1, -0.05) is 23.8 Å². The van der Waals surface area contributed by atoms with Crippen LogP contribution in [0.2, 0.25) is 5.02 Å². The molecule has 0 unspecified atom stereocenters. The summed E-state index contributed by atoms with van der Waals surface area (Å²) in [6.45, 7) is 0. The van der Waals surface area contributed by atoms with Crippen molar-refractivity contribution >= 4 is 17.5 Å². The van der Waals surface area contributed by atoms with Gasteiger partial charge < -0.3 is 4.90 Å². The molecular formula is C15H10ClF6NO. The molecule has 1 fully saturated rings. The van der Waals surface area contributed by atoms with Gasteiger partial charge in [-0.05, 0) is 30.7 Å². The van der Waals surface area contributed by atoms with Gasteiger partial charge in [0.2, 0.25) is 5.54 Å². The summed E-state index contributed by atoms with van der Waals surface area (Å²) < 4.78 is 81.5. The van der Waals surface area contributed by atoms with Gasteiger partial charge in [-0.15, -0.1) is 0 Å². The van der Waals surface area contributed by atoms with Crippen LogP contribution in [-0.2, 0) is 0 Å². The van der Waals surface area contributed by atoms with Gasteiger partial charge in [0.25, 0.3) is 5.91 Å². The molecule has 2 atom stereocenters. The minimum absolute atomic E-state index is 0.0685. The molecule has 9 heteroatoms. The zero-order chi connectivity index (χ0) is 17.9. The highest BCUT2D eigenvalue weighted by Gasteiger charge is 2.81. The third-order valence-electron chi connectivity index (χ3n) is 4.48. The van der Waals surface area contributed by atoms with Crippen LogP contribution < -0.4 is 0 Å². The van der Waals surface area contributed by atoms with E-state index in [4.69, 9.17) is 11.6 Å². The van der Waals surface area contributed by atoms with Gasteiger partial charge in [-0.25, -0.2) is 0 Å². The number of rotatable bonds is 1. The highest BCUT2D eigenvalue weighted by atomic mass is 35.5. The molecule has 0 N–H and O–H groups in total. The van der Waals surface area contributed by atoms with E-state index in [0.717, 1.165) is 18.2 Å². The molecule has 130 valence electrons. The van der Waals surface area contributed by atoms with Crippen molar-refractivity contribution in [2.75, 3.05) is 0 Å². The number of carbonyl (C=O) groups excluding carboxylic acids is 1. The molecule has 1 aliphatic heterocycles. The lowest BCUT2D eigenvalue weighted by Gasteiger charge is -2.46. The van der Waals surface area contributed by atoms with E-state index in [1.165, 1.54) is 18.2 Å². The summed E-state index contributed by atoms with van der Waals surface area (Å²) in [6, 6.07) is 3.45. The normalized spacial score (nSPS) is 25.4. The molecule has 1 aromatic rings. The zero-order valence-corrected chi connectivity index (χ0v) is 12.6. The van der Waals surface area contributed by atoms with Crippen molar-refractivity contribution in [2.24, 2.45) is 5.92 Å². The number of hydrogen-bond donors (Lipinski definition) is 0. The van der Waals surface area contributed by atoms with Crippen molar-refractivity contribution in [1.29, 1.82) is 0 Å². The molecule has 0 saturated carbocycles. The molecule has 1 amide bonds. The number of alkyl halides is 6. The highest BCUT2D eigenvalue weighted by molar-refractivity contribution is 6.30. The summed E-state index contributed by atoms with van der Waals surface area (Å²) in [7, 11) is 0. The average molecular weight is 370 g/mol. The Kier molecular flexibility index (Phi) is 3.67. The second-order valence-electron chi connectivity index (χ2n) is 5.74. The molecule has 2 aliphatic rings. The van der Waals surface area contributed by atoms with Crippen molar-refractivity contribution < 1.29 is 31.1 Å². The number of halogens is 7. The van der Waals surface area contributed by atoms with Crippen LogP contribution in [0.3, 0.4) is 0 Å². The quantitative estimate of drug-likeness (QED) is 0.523. The van der Waals surface area contributed by atoms with E-state index >= 15 is 0 Å².